The predicted molar refractivity (Wildman–Crippen MR) is 158 cm³/mol. The van der Waals surface area contributed by atoms with Crippen LogP contribution >= 0.6 is 0 Å². The van der Waals surface area contributed by atoms with Gasteiger partial charge in [0.1, 0.15) is 11.4 Å². The lowest BCUT2D eigenvalue weighted by Crippen LogP contribution is -2.34. The highest BCUT2D eigenvalue weighted by atomic mass is 16.3. The first kappa shape index (κ1) is 27.3. The molecule has 0 saturated heterocycles. The lowest BCUT2D eigenvalue weighted by atomic mass is 9.94. The Kier molecular flexibility index (Phi) is 8.94. The van der Waals surface area contributed by atoms with Crippen molar-refractivity contribution >= 4 is 22.3 Å². The molecular weight excluding hydrogens is 488 g/mol. The molecule has 0 amide bonds. The number of aromatic hydroxyl groups is 1. The number of hydrogen-bond donors (Lipinski definition) is 5. The number of H-pyrrole nitrogens is 1. The Labute approximate surface area is 230 Å². The maximum absolute atomic E-state index is 11.7. The first-order valence-electron chi connectivity index (χ1n) is 14.6. The molecule has 1 fully saturated rings. The number of rotatable bonds is 12. The van der Waals surface area contributed by atoms with E-state index in [4.69, 9.17) is 5.53 Å². The summed E-state index contributed by atoms with van der Waals surface area (Å²) in [6.45, 7) is 3.48. The maximum atomic E-state index is 11.7. The molecule has 2 aliphatic rings. The minimum Gasteiger partial charge on any atom is -0.506 e. The first-order valence-corrected chi connectivity index (χ1v) is 14.6. The summed E-state index contributed by atoms with van der Waals surface area (Å²) >= 11 is 0. The van der Waals surface area contributed by atoms with Gasteiger partial charge in [-0.15, -0.1) is 0 Å². The van der Waals surface area contributed by atoms with Gasteiger partial charge in [0, 0.05) is 30.6 Å². The van der Waals surface area contributed by atoms with Crippen LogP contribution in [0.2, 0.25) is 0 Å². The van der Waals surface area contributed by atoms with Crippen LogP contribution in [-0.4, -0.2) is 47.7 Å². The van der Waals surface area contributed by atoms with E-state index in [1.807, 2.05) is 6.07 Å². The van der Waals surface area contributed by atoms with Gasteiger partial charge in [-0.2, -0.15) is 5.11 Å². The number of aromatic amines is 1. The summed E-state index contributed by atoms with van der Waals surface area (Å²) in [6.07, 6.45) is 11.9. The Hall–Kier alpha value is -3.23. The van der Waals surface area contributed by atoms with Crippen molar-refractivity contribution in [3.63, 3.8) is 0 Å². The zero-order valence-corrected chi connectivity index (χ0v) is 23.1. The Morgan fingerprint density at radius 2 is 1.87 bits per heavy atom. The van der Waals surface area contributed by atoms with Crippen LogP contribution in [0.15, 0.2) is 40.2 Å². The summed E-state index contributed by atoms with van der Waals surface area (Å²) < 4.78 is 0. The smallest absolute Gasteiger partial charge is 0.248 e. The van der Waals surface area contributed by atoms with Crippen LogP contribution in [0.5, 0.6) is 5.75 Å². The van der Waals surface area contributed by atoms with E-state index >= 15 is 0 Å². The number of nitrogens with one attached hydrogen (secondary N) is 4. The van der Waals surface area contributed by atoms with E-state index < -0.39 is 0 Å². The molecule has 0 unspecified atom stereocenters. The number of nitrogens with zero attached hydrogens (tertiary/aromatic N) is 2. The summed E-state index contributed by atoms with van der Waals surface area (Å²) in [5, 5.41) is 22.1. The molecule has 8 heteroatoms. The summed E-state index contributed by atoms with van der Waals surface area (Å²) in [7, 11) is 2.27. The molecule has 0 atom stereocenters. The normalized spacial score (nSPS) is 15.6. The average Bonchev–Trinajstić information content (AvgIpc) is 3.45. The Balaban J connectivity index is 1.19. The number of pyridine rings is 1. The molecule has 0 aliphatic heterocycles. The summed E-state index contributed by atoms with van der Waals surface area (Å²) in [5.41, 5.74) is 15.0. The van der Waals surface area contributed by atoms with Crippen LogP contribution in [0.3, 0.4) is 0 Å². The Morgan fingerprint density at radius 1 is 1.05 bits per heavy atom. The van der Waals surface area contributed by atoms with Crippen molar-refractivity contribution in [2.75, 3.05) is 32.0 Å². The SMILES string of the molecule is CN(CCCNc1c(N=N)cc(CNCCc2ccc(O)c3[nH]c(=O)ccc23)c2c1CCC2)C1CCCCC1. The predicted octanol–water partition coefficient (Wildman–Crippen LogP) is 5.78. The largest absolute Gasteiger partial charge is 0.506 e. The summed E-state index contributed by atoms with van der Waals surface area (Å²) in [4.78, 5) is 17.0. The van der Waals surface area contributed by atoms with Crippen LogP contribution in [0, 0.1) is 5.53 Å². The molecule has 5 rings (SSSR count). The van der Waals surface area contributed by atoms with Crippen molar-refractivity contribution in [2.24, 2.45) is 5.11 Å². The molecule has 39 heavy (non-hydrogen) atoms. The van der Waals surface area contributed by atoms with Crippen LogP contribution in [0.1, 0.15) is 67.2 Å². The minimum atomic E-state index is -0.220. The molecule has 3 aromatic rings. The molecule has 8 nitrogen and oxygen atoms in total. The topological polar surface area (TPSA) is 117 Å². The van der Waals surface area contributed by atoms with E-state index in [2.05, 4.69) is 38.7 Å². The molecule has 208 valence electrons. The monoisotopic (exact) mass is 530 g/mol. The third kappa shape index (κ3) is 6.34. The van der Waals surface area contributed by atoms with Crippen molar-refractivity contribution in [3.8, 4) is 5.75 Å². The second kappa shape index (κ2) is 12.7. The fourth-order valence-electron chi connectivity index (χ4n) is 6.50. The average molecular weight is 531 g/mol. The van der Waals surface area contributed by atoms with E-state index in [1.165, 1.54) is 54.9 Å². The molecule has 0 bridgehead atoms. The molecule has 0 radical (unpaired) electrons. The second-order valence-corrected chi connectivity index (χ2v) is 11.2. The minimum absolute atomic E-state index is 0.0894. The van der Waals surface area contributed by atoms with Gasteiger partial charge >= 0.3 is 0 Å². The Bertz CT molecular complexity index is 1360. The molecule has 2 aromatic carbocycles. The number of hydrogen-bond acceptors (Lipinski definition) is 7. The van der Waals surface area contributed by atoms with Gasteiger partial charge in [0.05, 0.1) is 11.2 Å². The number of aromatic nitrogens is 1. The standard InChI is InChI=1S/C31H42N6O2/c1-37(23-7-3-2-4-8-23)18-6-16-34-30-26-10-5-9-24(26)22(19-27(30)36-32)20-33-17-15-21-11-13-28(38)31-25(21)12-14-29(39)35-31/h11-14,19,23,32-34,38H,2-10,15-18,20H2,1H3,(H,35,39). The summed E-state index contributed by atoms with van der Waals surface area (Å²) in [5.74, 6) is 0.0894. The van der Waals surface area contributed by atoms with E-state index in [0.717, 1.165) is 86.6 Å². The highest BCUT2D eigenvalue weighted by molar-refractivity contribution is 5.87. The van der Waals surface area contributed by atoms with E-state index in [1.54, 1.807) is 12.1 Å². The first-order chi connectivity index (χ1) is 19.0. The van der Waals surface area contributed by atoms with Crippen LogP contribution in [-0.2, 0) is 25.8 Å². The zero-order chi connectivity index (χ0) is 27.2. The van der Waals surface area contributed by atoms with Gasteiger partial charge in [0.15, 0.2) is 0 Å². The van der Waals surface area contributed by atoms with Crippen molar-refractivity contribution in [1.29, 1.82) is 5.53 Å². The van der Waals surface area contributed by atoms with Crippen LogP contribution in [0.25, 0.3) is 10.9 Å². The molecule has 0 spiro atoms. The van der Waals surface area contributed by atoms with Crippen molar-refractivity contribution < 1.29 is 5.11 Å². The summed E-state index contributed by atoms with van der Waals surface area (Å²) in [6, 6.07) is 9.66. The van der Waals surface area contributed by atoms with E-state index in [0.29, 0.717) is 5.52 Å². The lowest BCUT2D eigenvalue weighted by molar-refractivity contribution is 0.191. The van der Waals surface area contributed by atoms with Crippen molar-refractivity contribution in [3.05, 3.63) is 62.9 Å². The van der Waals surface area contributed by atoms with Gasteiger partial charge in [-0.25, -0.2) is 5.53 Å². The number of phenolic OH excluding ortho intramolecular Hbond substituents is 1. The van der Waals surface area contributed by atoms with E-state index in [-0.39, 0.29) is 11.3 Å². The molecule has 1 heterocycles. The number of fused-ring (bicyclic) bond motifs is 2. The third-order valence-corrected chi connectivity index (χ3v) is 8.63. The van der Waals surface area contributed by atoms with Gasteiger partial charge in [0.2, 0.25) is 5.56 Å². The van der Waals surface area contributed by atoms with Crippen molar-refractivity contribution in [2.45, 2.75) is 76.8 Å². The fraction of sp³-hybridized carbons (Fsp3) is 0.516. The number of anilines is 1. The fourth-order valence-corrected chi connectivity index (χ4v) is 6.50. The second-order valence-electron chi connectivity index (χ2n) is 11.2. The van der Waals surface area contributed by atoms with E-state index in [9.17, 15) is 9.90 Å². The number of phenols is 1. The highest BCUT2D eigenvalue weighted by Crippen LogP contribution is 2.39. The maximum Gasteiger partial charge on any atom is 0.248 e. The molecule has 1 aromatic heterocycles. The van der Waals surface area contributed by atoms with Crippen LogP contribution < -0.4 is 16.2 Å². The third-order valence-electron chi connectivity index (χ3n) is 8.63. The highest BCUT2D eigenvalue weighted by Gasteiger charge is 2.22. The van der Waals surface area contributed by atoms with Crippen LogP contribution in [0.4, 0.5) is 11.4 Å². The van der Waals surface area contributed by atoms with Crippen molar-refractivity contribution in [1.82, 2.24) is 15.2 Å². The molecule has 5 N–H and O–H groups in total. The lowest BCUT2D eigenvalue weighted by Gasteiger charge is -2.31. The molecule has 2 aliphatic carbocycles. The van der Waals surface area contributed by atoms with Gasteiger partial charge in [-0.1, -0.05) is 25.3 Å². The zero-order valence-electron chi connectivity index (χ0n) is 23.1. The molecular formula is C31H42N6O2. The van der Waals surface area contributed by atoms with Gasteiger partial charge in [0.25, 0.3) is 0 Å². The van der Waals surface area contributed by atoms with Gasteiger partial charge in [-0.05, 0) is 106 Å². The van der Waals surface area contributed by atoms with Gasteiger partial charge < -0.3 is 25.6 Å². The number of benzene rings is 2. The Morgan fingerprint density at radius 3 is 2.69 bits per heavy atom. The molecule has 1 saturated carbocycles. The quantitative estimate of drug-likeness (QED) is 0.150. The van der Waals surface area contributed by atoms with Gasteiger partial charge in [-0.3, -0.25) is 4.79 Å².